The molecule has 0 aliphatic rings. The van der Waals surface area contributed by atoms with Crippen molar-refractivity contribution in [3.63, 3.8) is 0 Å². The Hall–Kier alpha value is -1.31. The number of nitrogens with zero attached hydrogens (tertiary/aromatic N) is 1. The molecule has 0 unspecified atom stereocenters. The van der Waals surface area contributed by atoms with Gasteiger partial charge in [0.15, 0.2) is 5.43 Å². The van der Waals surface area contributed by atoms with Crippen LogP contribution in [0.15, 0.2) is 29.1 Å². The molecule has 0 fully saturated rings. The molecule has 2 aromatic rings. The van der Waals surface area contributed by atoms with E-state index in [-0.39, 0.29) is 5.43 Å². The highest BCUT2D eigenvalue weighted by atomic mass is 16.1. The van der Waals surface area contributed by atoms with Gasteiger partial charge in [0.2, 0.25) is 0 Å². The summed E-state index contributed by atoms with van der Waals surface area (Å²) in [5.41, 5.74) is 2.07. The Labute approximate surface area is 58.0 Å². The van der Waals surface area contributed by atoms with Gasteiger partial charge in [0.05, 0.1) is 0 Å². The third kappa shape index (κ3) is 0.559. The first-order valence-electron chi connectivity index (χ1n) is 3.16. The molecule has 0 spiro atoms. The average molecular weight is 133 g/mol. The zero-order chi connectivity index (χ0) is 7.14. The number of pyridine rings is 1. The molecular formula is C8H7NO. The summed E-state index contributed by atoms with van der Waals surface area (Å²) in [5, 5.41) is 0. The van der Waals surface area contributed by atoms with Gasteiger partial charge in [-0.2, -0.15) is 0 Å². The molecule has 10 heavy (non-hydrogen) atoms. The second kappa shape index (κ2) is 1.59. The van der Waals surface area contributed by atoms with E-state index in [1.54, 1.807) is 12.1 Å². The summed E-state index contributed by atoms with van der Waals surface area (Å²) in [4.78, 5) is 10.8. The van der Waals surface area contributed by atoms with Crippen molar-refractivity contribution in [2.45, 2.75) is 0 Å². The van der Waals surface area contributed by atoms with E-state index in [0.29, 0.717) is 0 Å². The predicted molar refractivity (Wildman–Crippen MR) is 40.4 cm³/mol. The highest BCUT2D eigenvalue weighted by molar-refractivity contribution is 5.63. The molecule has 2 heteroatoms. The summed E-state index contributed by atoms with van der Waals surface area (Å²) in [6, 6.07) is 7.15. The van der Waals surface area contributed by atoms with Gasteiger partial charge in [-0.1, -0.05) is 0 Å². The predicted octanol–water partition coefficient (Wildman–Crippen LogP) is 0.976. The van der Waals surface area contributed by atoms with Crippen LogP contribution in [0.5, 0.6) is 0 Å². The quantitative estimate of drug-likeness (QED) is 0.525. The standard InChI is InChI=1S/C8H7NO/c1-9-6-2-3-7(9)5-8(10)4-6/h2-5H,1H3. The van der Waals surface area contributed by atoms with Crippen molar-refractivity contribution in [1.29, 1.82) is 0 Å². The topological polar surface area (TPSA) is 22.0 Å². The smallest absolute Gasteiger partial charge is 0.182 e. The van der Waals surface area contributed by atoms with E-state index in [2.05, 4.69) is 0 Å². The van der Waals surface area contributed by atoms with Crippen molar-refractivity contribution >= 4 is 11.0 Å². The van der Waals surface area contributed by atoms with Crippen molar-refractivity contribution in [3.8, 4) is 0 Å². The molecule has 0 N–H and O–H groups in total. The maximum absolute atomic E-state index is 10.8. The van der Waals surface area contributed by atoms with Gasteiger partial charge < -0.3 is 4.57 Å². The van der Waals surface area contributed by atoms with Gasteiger partial charge in [0.25, 0.3) is 0 Å². The van der Waals surface area contributed by atoms with E-state index < -0.39 is 0 Å². The second-order valence-corrected chi connectivity index (χ2v) is 2.43. The zero-order valence-electron chi connectivity index (χ0n) is 5.66. The van der Waals surface area contributed by atoms with Gasteiger partial charge in [0.1, 0.15) is 0 Å². The number of hydrogen-bond donors (Lipinski definition) is 0. The van der Waals surface area contributed by atoms with Gasteiger partial charge in [-0.25, -0.2) is 0 Å². The molecule has 2 bridgehead atoms. The van der Waals surface area contributed by atoms with Crippen molar-refractivity contribution in [1.82, 2.24) is 4.57 Å². The van der Waals surface area contributed by atoms with Gasteiger partial charge in [0, 0.05) is 30.2 Å². The first-order valence-corrected chi connectivity index (χ1v) is 3.16. The number of rotatable bonds is 0. The summed E-state index contributed by atoms with van der Waals surface area (Å²) in [6.45, 7) is 0. The highest BCUT2D eigenvalue weighted by Crippen LogP contribution is 2.07. The summed E-state index contributed by atoms with van der Waals surface area (Å²) in [5.74, 6) is 0. The fraction of sp³-hybridized carbons (Fsp3) is 0.125. The second-order valence-electron chi connectivity index (χ2n) is 2.43. The number of hydrogen-bond acceptors (Lipinski definition) is 1. The molecule has 0 atom stereocenters. The molecule has 0 aliphatic heterocycles. The Balaban J connectivity index is 3.09. The van der Waals surface area contributed by atoms with Crippen LogP contribution in [0.25, 0.3) is 11.0 Å². The first-order chi connectivity index (χ1) is 4.77. The molecule has 2 rings (SSSR count). The first kappa shape index (κ1) is 5.47. The molecule has 0 radical (unpaired) electrons. The lowest BCUT2D eigenvalue weighted by Crippen LogP contribution is -2.00. The molecule has 0 aromatic carbocycles. The van der Waals surface area contributed by atoms with Crippen molar-refractivity contribution in [2.75, 3.05) is 0 Å². The van der Waals surface area contributed by atoms with Gasteiger partial charge >= 0.3 is 0 Å². The van der Waals surface area contributed by atoms with Gasteiger partial charge in [-0.3, -0.25) is 4.79 Å². The van der Waals surface area contributed by atoms with Crippen LogP contribution in [0.1, 0.15) is 0 Å². The molecule has 2 aromatic heterocycles. The van der Waals surface area contributed by atoms with Crippen LogP contribution in [0.4, 0.5) is 0 Å². The van der Waals surface area contributed by atoms with Crippen LogP contribution >= 0.6 is 0 Å². The summed E-state index contributed by atoms with van der Waals surface area (Å²) in [6.07, 6.45) is 0. The molecule has 0 saturated heterocycles. The number of fused-ring (bicyclic) bond motifs is 2. The highest BCUT2D eigenvalue weighted by Gasteiger charge is 1.97. The van der Waals surface area contributed by atoms with E-state index in [0.717, 1.165) is 11.0 Å². The summed E-state index contributed by atoms with van der Waals surface area (Å²) >= 11 is 0. The maximum atomic E-state index is 10.8. The largest absolute Gasteiger partial charge is 0.344 e. The van der Waals surface area contributed by atoms with Crippen LogP contribution in [-0.2, 0) is 7.05 Å². The maximum Gasteiger partial charge on any atom is 0.182 e. The minimum atomic E-state index is 0.0908. The normalized spacial score (nSPS) is 10.9. The third-order valence-electron chi connectivity index (χ3n) is 1.78. The lowest BCUT2D eigenvalue weighted by Gasteiger charge is -1.95. The van der Waals surface area contributed by atoms with E-state index in [4.69, 9.17) is 0 Å². The van der Waals surface area contributed by atoms with E-state index in [1.807, 2.05) is 23.7 Å². The average Bonchev–Trinajstić information content (AvgIpc) is 2.20. The minimum absolute atomic E-state index is 0.0908. The van der Waals surface area contributed by atoms with E-state index >= 15 is 0 Å². The Morgan fingerprint density at radius 2 is 1.70 bits per heavy atom. The molecule has 0 amide bonds. The van der Waals surface area contributed by atoms with Crippen molar-refractivity contribution in [3.05, 3.63) is 34.5 Å². The molecule has 50 valence electrons. The molecule has 2 heterocycles. The minimum Gasteiger partial charge on any atom is -0.344 e. The van der Waals surface area contributed by atoms with Crippen molar-refractivity contribution in [2.24, 2.45) is 7.05 Å². The van der Waals surface area contributed by atoms with Gasteiger partial charge in [-0.05, 0) is 12.1 Å². The molecular weight excluding hydrogens is 126 g/mol. The number of aromatic nitrogens is 1. The molecule has 2 nitrogen and oxygen atoms in total. The van der Waals surface area contributed by atoms with E-state index in [1.165, 1.54) is 0 Å². The molecule has 0 aliphatic carbocycles. The van der Waals surface area contributed by atoms with Crippen LogP contribution in [0, 0.1) is 0 Å². The van der Waals surface area contributed by atoms with Crippen LogP contribution < -0.4 is 5.43 Å². The fourth-order valence-electron chi connectivity index (χ4n) is 1.17. The zero-order valence-corrected chi connectivity index (χ0v) is 5.66. The van der Waals surface area contributed by atoms with Gasteiger partial charge in [-0.15, -0.1) is 0 Å². The Kier molecular flexibility index (Phi) is 0.873. The lowest BCUT2D eigenvalue weighted by atomic mass is 10.4. The Morgan fingerprint density at radius 3 is 2.20 bits per heavy atom. The van der Waals surface area contributed by atoms with Crippen molar-refractivity contribution < 1.29 is 0 Å². The van der Waals surface area contributed by atoms with Crippen LogP contribution in [0.3, 0.4) is 0 Å². The van der Waals surface area contributed by atoms with Crippen LogP contribution in [-0.4, -0.2) is 4.57 Å². The summed E-state index contributed by atoms with van der Waals surface area (Å²) < 4.78 is 1.99. The molecule has 0 saturated carbocycles. The third-order valence-corrected chi connectivity index (χ3v) is 1.78. The number of aryl methyl sites for hydroxylation is 1. The summed E-state index contributed by atoms with van der Waals surface area (Å²) in [7, 11) is 1.95. The monoisotopic (exact) mass is 133 g/mol. The lowest BCUT2D eigenvalue weighted by molar-refractivity contribution is 1.00. The SMILES string of the molecule is Cn1c2ccc1cc(=O)c2. The van der Waals surface area contributed by atoms with E-state index in [9.17, 15) is 4.79 Å². The Bertz CT molecular complexity index is 367. The van der Waals surface area contributed by atoms with Crippen LogP contribution in [0.2, 0.25) is 0 Å². The fourth-order valence-corrected chi connectivity index (χ4v) is 1.17. The Morgan fingerprint density at radius 1 is 1.20 bits per heavy atom.